The van der Waals surface area contributed by atoms with Crippen LogP contribution in [-0.2, 0) is 11.2 Å². The normalized spacial score (nSPS) is 11.8. The summed E-state index contributed by atoms with van der Waals surface area (Å²) in [4.78, 5) is 18.0. The number of halogens is 1. The zero-order valence-corrected chi connectivity index (χ0v) is 21.3. The molecule has 0 aliphatic heterocycles. The Hall–Kier alpha value is -2.29. The molecule has 1 amide bonds. The molecule has 0 radical (unpaired) electrons. The molecular formula is C24H35IN4O2. The first-order valence-corrected chi connectivity index (χ1v) is 10.5. The average molecular weight is 538 g/mol. The smallest absolute Gasteiger partial charge is 0.243 e. The van der Waals surface area contributed by atoms with E-state index in [1.54, 1.807) is 19.0 Å². The van der Waals surface area contributed by atoms with Crippen LogP contribution in [0, 0.1) is 0 Å². The van der Waals surface area contributed by atoms with Crippen molar-refractivity contribution in [2.24, 2.45) is 4.99 Å². The molecule has 0 saturated carbocycles. The van der Waals surface area contributed by atoms with Gasteiger partial charge in [0.25, 0.3) is 0 Å². The molecule has 0 fully saturated rings. The van der Waals surface area contributed by atoms with E-state index >= 15 is 0 Å². The second-order valence-corrected chi connectivity index (χ2v) is 7.40. The van der Waals surface area contributed by atoms with Crippen molar-refractivity contribution < 1.29 is 9.53 Å². The molecule has 0 aliphatic carbocycles. The molecular weight excluding hydrogens is 503 g/mol. The second-order valence-electron chi connectivity index (χ2n) is 7.40. The van der Waals surface area contributed by atoms with Gasteiger partial charge in [-0.15, -0.1) is 24.0 Å². The molecule has 7 heteroatoms. The molecule has 2 rings (SSSR count). The maximum atomic E-state index is 12.0. The van der Waals surface area contributed by atoms with E-state index in [1.807, 2.05) is 30.3 Å². The lowest BCUT2D eigenvalue weighted by atomic mass is 10.1. The lowest BCUT2D eigenvalue weighted by Crippen LogP contribution is -2.40. The van der Waals surface area contributed by atoms with Gasteiger partial charge in [0.15, 0.2) is 5.96 Å². The minimum Gasteiger partial charge on any atom is -0.494 e. The van der Waals surface area contributed by atoms with Gasteiger partial charge in [0.2, 0.25) is 5.91 Å². The van der Waals surface area contributed by atoms with Gasteiger partial charge in [-0.2, -0.15) is 0 Å². The van der Waals surface area contributed by atoms with Crippen LogP contribution in [0.25, 0.3) is 0 Å². The lowest BCUT2D eigenvalue weighted by Gasteiger charge is -2.19. The number of nitrogens with one attached hydrogen (secondary N) is 2. The molecule has 2 aromatic rings. The molecule has 2 aromatic carbocycles. The fourth-order valence-electron chi connectivity index (χ4n) is 2.81. The molecule has 6 nitrogen and oxygen atoms in total. The van der Waals surface area contributed by atoms with Gasteiger partial charge in [-0.25, -0.2) is 4.99 Å². The quantitative estimate of drug-likeness (QED) is 0.273. The molecule has 2 N–H and O–H groups in total. The number of hydrogen-bond acceptors (Lipinski definition) is 3. The van der Waals surface area contributed by atoms with Gasteiger partial charge in [-0.3, -0.25) is 4.79 Å². The zero-order chi connectivity index (χ0) is 21.8. The Morgan fingerprint density at radius 1 is 1.13 bits per heavy atom. The largest absolute Gasteiger partial charge is 0.494 e. The predicted octanol–water partition coefficient (Wildman–Crippen LogP) is 4.02. The van der Waals surface area contributed by atoms with E-state index in [0.717, 1.165) is 30.8 Å². The number of benzene rings is 2. The Kier molecular flexibility index (Phi) is 12.7. The van der Waals surface area contributed by atoms with E-state index in [0.29, 0.717) is 12.5 Å². The fourth-order valence-corrected chi connectivity index (χ4v) is 2.81. The van der Waals surface area contributed by atoms with Crippen LogP contribution in [0.3, 0.4) is 0 Å². The van der Waals surface area contributed by atoms with Crippen LogP contribution in [0.15, 0.2) is 59.6 Å². The van der Waals surface area contributed by atoms with Gasteiger partial charge in [-0.1, -0.05) is 49.4 Å². The van der Waals surface area contributed by atoms with Gasteiger partial charge in [0.1, 0.15) is 12.3 Å². The summed E-state index contributed by atoms with van der Waals surface area (Å²) in [6.07, 6.45) is 1.81. The zero-order valence-electron chi connectivity index (χ0n) is 18.9. The van der Waals surface area contributed by atoms with E-state index in [4.69, 9.17) is 4.74 Å². The Bertz CT molecular complexity index is 812. The summed E-state index contributed by atoms with van der Waals surface area (Å²) in [6, 6.07) is 18.4. The van der Waals surface area contributed by atoms with E-state index in [2.05, 4.69) is 53.7 Å². The molecule has 0 spiro atoms. The number of amides is 1. The van der Waals surface area contributed by atoms with Crippen molar-refractivity contribution in [3.05, 3.63) is 65.7 Å². The van der Waals surface area contributed by atoms with Gasteiger partial charge in [-0.05, 0) is 43.0 Å². The summed E-state index contributed by atoms with van der Waals surface area (Å²) in [5, 5.41) is 6.75. The lowest BCUT2D eigenvalue weighted by molar-refractivity contribution is -0.127. The van der Waals surface area contributed by atoms with Crippen molar-refractivity contribution in [2.75, 3.05) is 33.8 Å². The number of aliphatic imine (C=N–C) groups is 1. The molecule has 0 saturated heterocycles. The number of likely N-dealkylation sites (N-methyl/N-ethyl adjacent to an activating group) is 1. The summed E-state index contributed by atoms with van der Waals surface area (Å²) in [5.41, 5.74) is 2.35. The number of guanidine groups is 1. The van der Waals surface area contributed by atoms with Crippen LogP contribution in [-0.4, -0.2) is 50.6 Å². The number of carbonyl (C=O) groups excluding carboxylic acids is 1. The third kappa shape index (κ3) is 10.0. The van der Waals surface area contributed by atoms with Crippen molar-refractivity contribution >= 4 is 35.8 Å². The van der Waals surface area contributed by atoms with Crippen molar-refractivity contribution in [3.63, 3.8) is 0 Å². The molecule has 0 aromatic heterocycles. The monoisotopic (exact) mass is 538 g/mol. The highest BCUT2D eigenvalue weighted by atomic mass is 127. The molecule has 0 aliphatic rings. The number of hydrogen-bond donors (Lipinski definition) is 2. The third-order valence-electron chi connectivity index (χ3n) is 4.60. The van der Waals surface area contributed by atoms with Crippen LogP contribution in [0.2, 0.25) is 0 Å². The molecule has 0 bridgehead atoms. The van der Waals surface area contributed by atoms with Crippen molar-refractivity contribution in [1.82, 2.24) is 15.5 Å². The molecule has 1 atom stereocenters. The highest BCUT2D eigenvalue weighted by molar-refractivity contribution is 14.0. The first-order chi connectivity index (χ1) is 14.5. The fraction of sp³-hybridized carbons (Fsp3) is 0.417. The molecule has 1 unspecified atom stereocenters. The van der Waals surface area contributed by atoms with Crippen LogP contribution in [0.1, 0.15) is 37.4 Å². The summed E-state index contributed by atoms with van der Waals surface area (Å²) >= 11 is 0. The summed E-state index contributed by atoms with van der Waals surface area (Å²) < 4.78 is 5.71. The molecule has 0 heterocycles. The Labute approximate surface area is 203 Å². The summed E-state index contributed by atoms with van der Waals surface area (Å²) in [5.74, 6) is 1.49. The van der Waals surface area contributed by atoms with Gasteiger partial charge in [0, 0.05) is 20.6 Å². The SMILES string of the molecule is CCCOc1cccc(CCNC(=NCC(=O)N(C)C)NC(C)c2ccccc2)c1.I. The van der Waals surface area contributed by atoms with Crippen LogP contribution >= 0.6 is 24.0 Å². The van der Waals surface area contributed by atoms with E-state index in [9.17, 15) is 4.79 Å². The highest BCUT2D eigenvalue weighted by Gasteiger charge is 2.09. The first kappa shape index (κ1) is 26.7. The Balaban J connectivity index is 0.00000480. The van der Waals surface area contributed by atoms with E-state index in [-0.39, 0.29) is 42.5 Å². The van der Waals surface area contributed by atoms with Crippen molar-refractivity contribution in [1.29, 1.82) is 0 Å². The first-order valence-electron chi connectivity index (χ1n) is 10.5. The Morgan fingerprint density at radius 3 is 2.55 bits per heavy atom. The van der Waals surface area contributed by atoms with Crippen LogP contribution in [0.5, 0.6) is 5.75 Å². The van der Waals surface area contributed by atoms with E-state index in [1.165, 1.54) is 5.56 Å². The Morgan fingerprint density at radius 2 is 1.87 bits per heavy atom. The van der Waals surface area contributed by atoms with Crippen molar-refractivity contribution in [2.45, 2.75) is 32.7 Å². The van der Waals surface area contributed by atoms with Gasteiger partial charge in [0.05, 0.1) is 12.6 Å². The minimum absolute atomic E-state index is 0. The topological polar surface area (TPSA) is 66.0 Å². The summed E-state index contributed by atoms with van der Waals surface area (Å²) in [6.45, 7) is 5.69. The van der Waals surface area contributed by atoms with Gasteiger partial charge >= 0.3 is 0 Å². The van der Waals surface area contributed by atoms with Gasteiger partial charge < -0.3 is 20.3 Å². The average Bonchev–Trinajstić information content (AvgIpc) is 2.76. The second kappa shape index (κ2) is 14.7. The summed E-state index contributed by atoms with van der Waals surface area (Å²) in [7, 11) is 3.47. The number of carbonyl (C=O) groups is 1. The predicted molar refractivity (Wildman–Crippen MR) is 138 cm³/mol. The van der Waals surface area contributed by atoms with Crippen LogP contribution in [0.4, 0.5) is 0 Å². The number of ether oxygens (including phenoxy) is 1. The van der Waals surface area contributed by atoms with Crippen LogP contribution < -0.4 is 15.4 Å². The molecule has 31 heavy (non-hydrogen) atoms. The maximum absolute atomic E-state index is 12.0. The number of nitrogens with zero attached hydrogens (tertiary/aromatic N) is 2. The van der Waals surface area contributed by atoms with Crippen molar-refractivity contribution in [3.8, 4) is 5.75 Å². The standard InChI is InChI=1S/C24H34N4O2.HI/c1-5-16-30-22-13-9-10-20(17-22)14-15-25-24(26-18-23(29)28(3)4)27-19(2)21-11-7-6-8-12-21;/h6-13,17,19H,5,14-16,18H2,1-4H3,(H2,25,26,27);1H. The number of rotatable bonds is 10. The maximum Gasteiger partial charge on any atom is 0.243 e. The minimum atomic E-state index is -0.0377. The highest BCUT2D eigenvalue weighted by Crippen LogP contribution is 2.14. The van der Waals surface area contributed by atoms with E-state index < -0.39 is 0 Å². The third-order valence-corrected chi connectivity index (χ3v) is 4.60. The molecule has 170 valence electrons.